The van der Waals surface area contributed by atoms with Gasteiger partial charge in [-0.25, -0.2) is 0 Å². The van der Waals surface area contributed by atoms with Crippen LogP contribution in [0.4, 0.5) is 0 Å². The molecule has 2 aromatic rings. The fourth-order valence-corrected chi connectivity index (χ4v) is 5.23. The van der Waals surface area contributed by atoms with Crippen LogP contribution in [0.5, 0.6) is 0 Å². The summed E-state index contributed by atoms with van der Waals surface area (Å²) in [5.74, 6) is -0.0633. The predicted molar refractivity (Wildman–Crippen MR) is 124 cm³/mol. The molecule has 0 radical (unpaired) electrons. The van der Waals surface area contributed by atoms with Gasteiger partial charge in [0.2, 0.25) is 5.91 Å². The van der Waals surface area contributed by atoms with Gasteiger partial charge in [-0.1, -0.05) is 51.3 Å². The van der Waals surface area contributed by atoms with Crippen LogP contribution in [0.15, 0.2) is 30.3 Å². The molecule has 1 unspecified atom stereocenters. The molecular formula is C25H36N4O2. The third-order valence-corrected chi connectivity index (χ3v) is 7.30. The van der Waals surface area contributed by atoms with E-state index in [4.69, 9.17) is 0 Å². The summed E-state index contributed by atoms with van der Waals surface area (Å²) in [4.78, 5) is 31.5. The number of hydrogen-bond donors (Lipinski definition) is 1. The summed E-state index contributed by atoms with van der Waals surface area (Å²) in [5, 5.41) is 4.35. The Kier molecular flexibility index (Phi) is 6.37. The molecule has 0 saturated heterocycles. The zero-order valence-corrected chi connectivity index (χ0v) is 19.2. The molecule has 0 spiro atoms. The molecular weight excluding hydrogens is 388 g/mol. The van der Waals surface area contributed by atoms with Gasteiger partial charge >= 0.3 is 0 Å². The van der Waals surface area contributed by atoms with Gasteiger partial charge in [0.25, 0.3) is 5.91 Å². The number of aromatic nitrogens is 1. The topological polar surface area (TPSA) is 57.6 Å². The number of amides is 2. The molecule has 1 aliphatic heterocycles. The first-order valence-electron chi connectivity index (χ1n) is 11.9. The third-order valence-electron chi connectivity index (χ3n) is 7.30. The number of nitrogens with one attached hydrogen (secondary N) is 1. The van der Waals surface area contributed by atoms with Crippen LogP contribution in [0.2, 0.25) is 0 Å². The van der Waals surface area contributed by atoms with Gasteiger partial charge in [-0.15, -0.1) is 0 Å². The van der Waals surface area contributed by atoms with Crippen molar-refractivity contribution in [2.24, 2.45) is 0 Å². The van der Waals surface area contributed by atoms with Crippen LogP contribution < -0.4 is 5.32 Å². The van der Waals surface area contributed by atoms with Crippen LogP contribution in [-0.4, -0.2) is 63.9 Å². The standard InChI is InChI=1S/C25H36N4O2/c1-4-27(5-2)15-16-29-23(30)22-17-19-11-9-10-14-21(19)28(22)18-25(29,3)24(31)26-20-12-7-6-8-13-20/h9-11,14,17,20H,4-8,12-13,15-16,18H2,1-3H3,(H,26,31). The highest BCUT2D eigenvalue weighted by molar-refractivity contribution is 6.03. The summed E-state index contributed by atoms with van der Waals surface area (Å²) < 4.78 is 2.05. The monoisotopic (exact) mass is 424 g/mol. The maximum Gasteiger partial charge on any atom is 0.271 e. The van der Waals surface area contributed by atoms with E-state index in [1.165, 1.54) is 19.3 Å². The van der Waals surface area contributed by atoms with Gasteiger partial charge in [-0.05, 0) is 45.0 Å². The van der Waals surface area contributed by atoms with Gasteiger partial charge < -0.3 is 19.7 Å². The Morgan fingerprint density at radius 3 is 2.58 bits per heavy atom. The first-order chi connectivity index (χ1) is 15.0. The number of fused-ring (bicyclic) bond motifs is 3. The maximum atomic E-state index is 13.7. The van der Waals surface area contributed by atoms with E-state index in [9.17, 15) is 9.59 Å². The number of benzene rings is 1. The Balaban J connectivity index is 1.68. The predicted octanol–water partition coefficient (Wildman–Crippen LogP) is 3.65. The molecule has 6 nitrogen and oxygen atoms in total. The first-order valence-corrected chi connectivity index (χ1v) is 11.9. The minimum atomic E-state index is -0.906. The SMILES string of the molecule is CCN(CC)CCN1C(=O)c2cc3ccccc3n2CC1(C)C(=O)NC1CCCCC1. The van der Waals surface area contributed by atoms with E-state index in [0.29, 0.717) is 18.8 Å². The lowest BCUT2D eigenvalue weighted by molar-refractivity contribution is -0.133. The van der Waals surface area contributed by atoms with Crippen molar-refractivity contribution in [3.05, 3.63) is 36.0 Å². The van der Waals surface area contributed by atoms with E-state index in [-0.39, 0.29) is 17.9 Å². The fourth-order valence-electron chi connectivity index (χ4n) is 5.23. The second-order valence-corrected chi connectivity index (χ2v) is 9.24. The van der Waals surface area contributed by atoms with Gasteiger partial charge in [0, 0.05) is 30.0 Å². The van der Waals surface area contributed by atoms with E-state index in [2.05, 4.69) is 24.1 Å². The molecule has 1 aliphatic carbocycles. The van der Waals surface area contributed by atoms with Gasteiger partial charge in [0.15, 0.2) is 0 Å². The van der Waals surface area contributed by atoms with Crippen LogP contribution in [0, 0.1) is 0 Å². The number of carbonyl (C=O) groups is 2. The Labute approximate surface area is 185 Å². The largest absolute Gasteiger partial charge is 0.351 e. The van der Waals surface area contributed by atoms with E-state index < -0.39 is 5.54 Å². The summed E-state index contributed by atoms with van der Waals surface area (Å²) in [6, 6.07) is 10.3. The third kappa shape index (κ3) is 4.10. The second-order valence-electron chi connectivity index (χ2n) is 9.24. The van der Waals surface area contributed by atoms with Crippen LogP contribution in [0.1, 0.15) is 63.4 Å². The highest BCUT2D eigenvalue weighted by atomic mass is 16.2. The minimum absolute atomic E-state index is 0.0178. The quantitative estimate of drug-likeness (QED) is 0.738. The van der Waals surface area contributed by atoms with Gasteiger partial charge in [0.05, 0.1) is 6.54 Å². The summed E-state index contributed by atoms with van der Waals surface area (Å²) in [6.45, 7) is 9.89. The zero-order valence-electron chi connectivity index (χ0n) is 19.2. The highest BCUT2D eigenvalue weighted by Gasteiger charge is 2.48. The highest BCUT2D eigenvalue weighted by Crippen LogP contribution is 2.32. The Hall–Kier alpha value is -2.34. The number of nitrogens with zero attached hydrogens (tertiary/aromatic N) is 3. The number of likely N-dealkylation sites (N-methyl/N-ethyl adjacent to an activating group) is 1. The number of carbonyl (C=O) groups excluding carboxylic acids is 2. The lowest BCUT2D eigenvalue weighted by atomic mass is 9.91. The summed E-state index contributed by atoms with van der Waals surface area (Å²) >= 11 is 0. The lowest BCUT2D eigenvalue weighted by Crippen LogP contribution is -2.65. The minimum Gasteiger partial charge on any atom is -0.351 e. The number of para-hydroxylation sites is 1. The average Bonchev–Trinajstić information content (AvgIpc) is 3.15. The van der Waals surface area contributed by atoms with E-state index in [1.807, 2.05) is 46.7 Å². The molecule has 0 bridgehead atoms. The van der Waals surface area contributed by atoms with E-state index in [1.54, 1.807) is 0 Å². The lowest BCUT2D eigenvalue weighted by Gasteiger charge is -2.45. The van der Waals surface area contributed by atoms with Crippen molar-refractivity contribution in [1.82, 2.24) is 19.7 Å². The van der Waals surface area contributed by atoms with Crippen LogP contribution in [0.3, 0.4) is 0 Å². The normalized spacial score (nSPS) is 22.2. The first kappa shape index (κ1) is 21.9. The molecule has 6 heteroatoms. The van der Waals surface area contributed by atoms with E-state index >= 15 is 0 Å². The smallest absolute Gasteiger partial charge is 0.271 e. The Morgan fingerprint density at radius 2 is 1.87 bits per heavy atom. The molecule has 1 N–H and O–H groups in total. The second kappa shape index (κ2) is 9.03. The van der Waals surface area contributed by atoms with Crippen molar-refractivity contribution in [3.8, 4) is 0 Å². The van der Waals surface area contributed by atoms with Gasteiger partial charge in [-0.3, -0.25) is 9.59 Å². The van der Waals surface area contributed by atoms with Crippen molar-refractivity contribution in [3.63, 3.8) is 0 Å². The molecule has 1 atom stereocenters. The number of rotatable bonds is 7. The Bertz CT molecular complexity index is 942. The van der Waals surface area contributed by atoms with Crippen LogP contribution in [-0.2, 0) is 11.3 Å². The molecule has 1 fully saturated rings. The summed E-state index contributed by atoms with van der Waals surface area (Å²) in [7, 11) is 0. The molecule has 168 valence electrons. The summed E-state index contributed by atoms with van der Waals surface area (Å²) in [5.41, 5.74) is 0.797. The number of hydrogen-bond acceptors (Lipinski definition) is 3. The van der Waals surface area contributed by atoms with Crippen LogP contribution >= 0.6 is 0 Å². The van der Waals surface area contributed by atoms with E-state index in [0.717, 1.165) is 43.4 Å². The van der Waals surface area contributed by atoms with Gasteiger partial charge in [-0.2, -0.15) is 0 Å². The van der Waals surface area contributed by atoms with Crippen molar-refractivity contribution >= 4 is 22.7 Å². The molecule has 4 rings (SSSR count). The zero-order chi connectivity index (χ0) is 22.0. The fraction of sp³-hybridized carbons (Fsp3) is 0.600. The van der Waals surface area contributed by atoms with Crippen molar-refractivity contribution < 1.29 is 9.59 Å². The van der Waals surface area contributed by atoms with Crippen LogP contribution in [0.25, 0.3) is 10.9 Å². The van der Waals surface area contributed by atoms with Gasteiger partial charge in [0.1, 0.15) is 11.2 Å². The molecule has 1 aromatic heterocycles. The Morgan fingerprint density at radius 1 is 1.16 bits per heavy atom. The summed E-state index contributed by atoms with van der Waals surface area (Å²) in [6.07, 6.45) is 5.65. The molecule has 1 saturated carbocycles. The van der Waals surface area contributed by atoms with Crippen molar-refractivity contribution in [2.45, 2.75) is 71.0 Å². The molecule has 31 heavy (non-hydrogen) atoms. The van der Waals surface area contributed by atoms with Crippen molar-refractivity contribution in [1.29, 1.82) is 0 Å². The molecule has 1 aromatic carbocycles. The average molecular weight is 425 g/mol. The molecule has 2 amide bonds. The molecule has 2 heterocycles. The molecule has 2 aliphatic rings. The van der Waals surface area contributed by atoms with Crippen molar-refractivity contribution in [2.75, 3.05) is 26.2 Å². The maximum absolute atomic E-state index is 13.7.